The molecule has 5 heterocycles. The Hall–Kier alpha value is -4.01. The molecule has 12 heteroatoms. The first kappa shape index (κ1) is 24.7. The minimum atomic E-state index is -0.455. The maximum atomic E-state index is 12.8. The second kappa shape index (κ2) is 10.9. The number of nitrogens with zero attached hydrogens (tertiary/aromatic N) is 7. The Morgan fingerprint density at radius 2 is 2.03 bits per heavy atom. The molecule has 1 amide bonds. The van der Waals surface area contributed by atoms with Crippen LogP contribution in [0.3, 0.4) is 0 Å². The maximum Gasteiger partial charge on any atom is 0.285 e. The second-order valence-corrected chi connectivity index (χ2v) is 9.18. The van der Waals surface area contributed by atoms with Gasteiger partial charge in [0, 0.05) is 45.1 Å². The zero-order valence-corrected chi connectivity index (χ0v) is 20.8. The molecule has 0 bridgehead atoms. The van der Waals surface area contributed by atoms with E-state index in [1.807, 2.05) is 28.0 Å². The number of carbonyl (C=O) groups excluding carboxylic acids is 1. The van der Waals surface area contributed by atoms with Gasteiger partial charge in [-0.25, -0.2) is 10.1 Å². The lowest BCUT2D eigenvalue weighted by Gasteiger charge is -2.35. The molecule has 0 saturated carbocycles. The highest BCUT2D eigenvalue weighted by Crippen LogP contribution is 2.38. The first-order valence-electron chi connectivity index (χ1n) is 12.0. The van der Waals surface area contributed by atoms with Gasteiger partial charge in [-0.15, -0.1) is 0 Å². The number of aromatic amines is 1. The SMILES string of the molecule is N#Cc1ccc(N2CCN(C(=O)CCOCC3c4ncccc4CN3c3cn[nH]c(=O)c3Cl)CC2)nc1. The molecular formula is C25H25ClN8O3. The molecule has 2 aliphatic heterocycles. The van der Waals surface area contributed by atoms with Crippen LogP contribution in [-0.4, -0.2) is 70.4 Å². The number of nitriles is 1. The summed E-state index contributed by atoms with van der Waals surface area (Å²) >= 11 is 6.28. The summed E-state index contributed by atoms with van der Waals surface area (Å²) in [5.74, 6) is 0.844. The molecule has 190 valence electrons. The fourth-order valence-corrected chi connectivity index (χ4v) is 4.86. The maximum absolute atomic E-state index is 12.8. The standard InChI is InChI=1S/C25H25ClN8O3/c26-23-19(14-30-31-25(23)36)34-15-18-2-1-6-28-24(18)20(34)16-37-11-5-22(35)33-9-7-32(8-10-33)21-4-3-17(12-27)13-29-21/h1-4,6,13-14,20H,5,7-11,15-16H2,(H,31,36). The van der Waals surface area contributed by atoms with Crippen LogP contribution in [0.2, 0.25) is 5.02 Å². The number of nitrogens with one attached hydrogen (secondary N) is 1. The number of hydrogen-bond acceptors (Lipinski definition) is 9. The first-order valence-corrected chi connectivity index (χ1v) is 12.3. The van der Waals surface area contributed by atoms with Gasteiger partial charge in [0.2, 0.25) is 5.91 Å². The molecule has 0 spiro atoms. The lowest BCUT2D eigenvalue weighted by Crippen LogP contribution is -2.49. The highest BCUT2D eigenvalue weighted by Gasteiger charge is 2.33. The number of halogens is 1. The summed E-state index contributed by atoms with van der Waals surface area (Å²) in [5, 5.41) is 15.2. The Morgan fingerprint density at radius 3 is 2.78 bits per heavy atom. The van der Waals surface area contributed by atoms with Crippen molar-refractivity contribution in [3.63, 3.8) is 0 Å². The number of H-pyrrole nitrogens is 1. The van der Waals surface area contributed by atoms with E-state index in [9.17, 15) is 9.59 Å². The molecule has 1 atom stereocenters. The van der Waals surface area contributed by atoms with Crippen molar-refractivity contribution in [1.29, 1.82) is 5.26 Å². The Balaban J connectivity index is 1.14. The summed E-state index contributed by atoms with van der Waals surface area (Å²) in [5.41, 5.74) is 2.47. The molecule has 0 aliphatic carbocycles. The number of anilines is 2. The summed E-state index contributed by atoms with van der Waals surface area (Å²) in [7, 11) is 0. The molecule has 1 fully saturated rings. The van der Waals surface area contributed by atoms with E-state index in [0.717, 1.165) is 17.1 Å². The van der Waals surface area contributed by atoms with Crippen molar-refractivity contribution in [2.75, 3.05) is 49.2 Å². The van der Waals surface area contributed by atoms with Crippen molar-refractivity contribution < 1.29 is 9.53 Å². The van der Waals surface area contributed by atoms with Crippen LogP contribution in [0.4, 0.5) is 11.5 Å². The van der Waals surface area contributed by atoms with Crippen LogP contribution in [0.15, 0.2) is 47.7 Å². The van der Waals surface area contributed by atoms with Gasteiger partial charge in [0.25, 0.3) is 5.56 Å². The van der Waals surface area contributed by atoms with Crippen LogP contribution < -0.4 is 15.4 Å². The minimum absolute atomic E-state index is 0.0380. The third-order valence-electron chi connectivity index (χ3n) is 6.61. The monoisotopic (exact) mass is 520 g/mol. The molecule has 1 saturated heterocycles. The van der Waals surface area contributed by atoms with Crippen LogP contribution in [0.1, 0.15) is 29.3 Å². The molecular weight excluding hydrogens is 496 g/mol. The molecule has 3 aromatic heterocycles. The largest absolute Gasteiger partial charge is 0.378 e. The van der Waals surface area contributed by atoms with E-state index in [4.69, 9.17) is 21.6 Å². The van der Waals surface area contributed by atoms with Gasteiger partial charge in [0.05, 0.1) is 48.8 Å². The van der Waals surface area contributed by atoms with E-state index in [-0.39, 0.29) is 30.0 Å². The quantitative estimate of drug-likeness (QED) is 0.464. The number of aromatic nitrogens is 4. The molecule has 2 aliphatic rings. The van der Waals surface area contributed by atoms with Crippen LogP contribution >= 0.6 is 11.6 Å². The van der Waals surface area contributed by atoms with Gasteiger partial charge >= 0.3 is 0 Å². The van der Waals surface area contributed by atoms with Gasteiger partial charge in [-0.3, -0.25) is 14.6 Å². The van der Waals surface area contributed by atoms with Gasteiger partial charge < -0.3 is 19.4 Å². The van der Waals surface area contributed by atoms with E-state index < -0.39 is 5.56 Å². The Bertz CT molecular complexity index is 1370. The summed E-state index contributed by atoms with van der Waals surface area (Å²) in [4.78, 5) is 39.5. The average molecular weight is 521 g/mol. The molecule has 37 heavy (non-hydrogen) atoms. The third kappa shape index (κ3) is 5.26. The number of amides is 1. The van der Waals surface area contributed by atoms with E-state index >= 15 is 0 Å². The summed E-state index contributed by atoms with van der Waals surface area (Å²) in [6.45, 7) is 3.64. The number of rotatable bonds is 7. The van der Waals surface area contributed by atoms with Gasteiger partial charge in [-0.05, 0) is 23.8 Å². The lowest BCUT2D eigenvalue weighted by atomic mass is 10.1. The molecule has 1 unspecified atom stereocenters. The van der Waals surface area contributed by atoms with Crippen LogP contribution in [0.25, 0.3) is 0 Å². The number of fused-ring (bicyclic) bond motifs is 1. The second-order valence-electron chi connectivity index (χ2n) is 8.80. The Labute approximate surface area is 218 Å². The van der Waals surface area contributed by atoms with Gasteiger partial charge in [-0.1, -0.05) is 17.7 Å². The highest BCUT2D eigenvalue weighted by atomic mass is 35.5. The Kier molecular flexibility index (Phi) is 7.30. The molecule has 11 nitrogen and oxygen atoms in total. The van der Waals surface area contributed by atoms with E-state index in [1.165, 1.54) is 6.20 Å². The highest BCUT2D eigenvalue weighted by molar-refractivity contribution is 6.33. The Morgan fingerprint density at radius 1 is 1.19 bits per heavy atom. The van der Waals surface area contributed by atoms with Crippen molar-refractivity contribution in [3.05, 3.63) is 75.1 Å². The fraction of sp³-hybridized carbons (Fsp3) is 0.360. The number of pyridine rings is 2. The molecule has 1 N–H and O–H groups in total. The van der Waals surface area contributed by atoms with Crippen molar-refractivity contribution in [2.45, 2.75) is 19.0 Å². The minimum Gasteiger partial charge on any atom is -0.378 e. The molecule has 0 radical (unpaired) electrons. The van der Waals surface area contributed by atoms with E-state index in [0.29, 0.717) is 50.6 Å². The molecule has 5 rings (SSSR count). The topological polar surface area (TPSA) is 131 Å². The predicted molar refractivity (Wildman–Crippen MR) is 136 cm³/mol. The number of piperazine rings is 1. The normalized spacial score (nSPS) is 17.0. The lowest BCUT2D eigenvalue weighted by molar-refractivity contribution is -0.132. The van der Waals surface area contributed by atoms with Crippen LogP contribution in [0, 0.1) is 11.3 Å². The fourth-order valence-electron chi connectivity index (χ4n) is 4.66. The van der Waals surface area contributed by atoms with E-state index in [1.54, 1.807) is 18.5 Å². The summed E-state index contributed by atoms with van der Waals surface area (Å²) in [6.07, 6.45) is 5.08. The zero-order valence-electron chi connectivity index (χ0n) is 20.0. The summed E-state index contributed by atoms with van der Waals surface area (Å²) < 4.78 is 5.94. The number of hydrogen-bond donors (Lipinski definition) is 1. The van der Waals surface area contributed by atoms with Crippen molar-refractivity contribution in [2.24, 2.45) is 0 Å². The third-order valence-corrected chi connectivity index (χ3v) is 6.98. The molecule has 0 aromatic carbocycles. The van der Waals surface area contributed by atoms with Crippen LogP contribution in [-0.2, 0) is 16.1 Å². The zero-order chi connectivity index (χ0) is 25.8. The average Bonchev–Trinajstić information content (AvgIpc) is 3.31. The van der Waals surface area contributed by atoms with Crippen LogP contribution in [0.5, 0.6) is 0 Å². The number of carbonyl (C=O) groups is 1. The van der Waals surface area contributed by atoms with Gasteiger partial charge in [0.15, 0.2) is 0 Å². The predicted octanol–water partition coefficient (Wildman–Crippen LogP) is 1.90. The van der Waals surface area contributed by atoms with Crippen molar-refractivity contribution in [3.8, 4) is 6.07 Å². The van der Waals surface area contributed by atoms with Crippen molar-refractivity contribution in [1.82, 2.24) is 25.1 Å². The number of ether oxygens (including phenoxy) is 1. The van der Waals surface area contributed by atoms with Crippen molar-refractivity contribution >= 4 is 29.0 Å². The first-order chi connectivity index (χ1) is 18.0. The smallest absolute Gasteiger partial charge is 0.285 e. The molecule has 3 aromatic rings. The van der Waals surface area contributed by atoms with E-state index in [2.05, 4.69) is 31.1 Å². The summed E-state index contributed by atoms with van der Waals surface area (Å²) in [6, 6.07) is 9.25. The van der Waals surface area contributed by atoms with Gasteiger partial charge in [-0.2, -0.15) is 10.4 Å². The van der Waals surface area contributed by atoms with Gasteiger partial charge in [0.1, 0.15) is 16.9 Å².